The third-order valence-electron chi connectivity index (χ3n) is 2.44. The number of carbonyl (C=O) groups is 1. The molecule has 1 saturated heterocycles. The van der Waals surface area contributed by atoms with E-state index in [2.05, 4.69) is 21.2 Å². The van der Waals surface area contributed by atoms with Crippen LogP contribution in [0, 0.1) is 0 Å². The number of hydrogen-bond acceptors (Lipinski definition) is 3. The lowest BCUT2D eigenvalue weighted by Crippen LogP contribution is -2.57. The predicted octanol–water partition coefficient (Wildman–Crippen LogP) is 1.55. The maximum atomic E-state index is 11.9. The van der Waals surface area contributed by atoms with Crippen LogP contribution in [-0.2, 0) is 0 Å². The molecule has 0 spiro atoms. The SMILES string of the molecule is CN(C(=O)c1csc(Br)c1)C1CNC1. The van der Waals surface area contributed by atoms with Gasteiger partial charge in [0.2, 0.25) is 0 Å². The summed E-state index contributed by atoms with van der Waals surface area (Å²) in [4.78, 5) is 13.7. The Morgan fingerprint density at radius 1 is 1.71 bits per heavy atom. The lowest BCUT2D eigenvalue weighted by Gasteiger charge is -2.35. The van der Waals surface area contributed by atoms with Gasteiger partial charge in [-0.05, 0) is 22.0 Å². The Morgan fingerprint density at radius 2 is 2.43 bits per heavy atom. The quantitative estimate of drug-likeness (QED) is 0.888. The highest BCUT2D eigenvalue weighted by molar-refractivity contribution is 9.11. The topological polar surface area (TPSA) is 32.3 Å². The van der Waals surface area contributed by atoms with Crippen LogP contribution < -0.4 is 5.32 Å². The molecule has 0 aromatic carbocycles. The van der Waals surface area contributed by atoms with Crippen LogP contribution >= 0.6 is 27.3 Å². The van der Waals surface area contributed by atoms with Crippen LogP contribution in [0.4, 0.5) is 0 Å². The number of nitrogens with zero attached hydrogens (tertiary/aromatic N) is 1. The van der Waals surface area contributed by atoms with Gasteiger partial charge in [0.1, 0.15) is 0 Å². The summed E-state index contributed by atoms with van der Waals surface area (Å²) >= 11 is 4.89. The van der Waals surface area contributed by atoms with Gasteiger partial charge >= 0.3 is 0 Å². The van der Waals surface area contributed by atoms with Crippen molar-refractivity contribution in [3.8, 4) is 0 Å². The summed E-state index contributed by atoms with van der Waals surface area (Å²) in [6.07, 6.45) is 0. The van der Waals surface area contributed by atoms with Crippen LogP contribution in [0.25, 0.3) is 0 Å². The monoisotopic (exact) mass is 274 g/mol. The van der Waals surface area contributed by atoms with Crippen molar-refractivity contribution in [3.63, 3.8) is 0 Å². The molecule has 0 radical (unpaired) electrons. The van der Waals surface area contributed by atoms with Gasteiger partial charge in [-0.3, -0.25) is 4.79 Å². The molecule has 0 atom stereocenters. The molecule has 1 fully saturated rings. The minimum absolute atomic E-state index is 0.110. The fourth-order valence-corrected chi connectivity index (χ4v) is 2.47. The van der Waals surface area contributed by atoms with Crippen molar-refractivity contribution >= 4 is 33.2 Å². The molecule has 1 aromatic rings. The standard InChI is InChI=1S/C9H11BrN2OS/c1-12(7-3-11-4-7)9(13)6-2-8(10)14-5-6/h2,5,7,11H,3-4H2,1H3. The van der Waals surface area contributed by atoms with Gasteiger partial charge in [-0.25, -0.2) is 0 Å². The van der Waals surface area contributed by atoms with E-state index in [1.807, 2.05) is 23.4 Å². The summed E-state index contributed by atoms with van der Waals surface area (Å²) in [6.45, 7) is 1.82. The van der Waals surface area contributed by atoms with Crippen molar-refractivity contribution in [2.75, 3.05) is 20.1 Å². The fourth-order valence-electron chi connectivity index (χ4n) is 1.34. The van der Waals surface area contributed by atoms with E-state index in [0.717, 1.165) is 22.4 Å². The molecule has 0 unspecified atom stereocenters. The highest BCUT2D eigenvalue weighted by Crippen LogP contribution is 2.22. The molecule has 0 bridgehead atoms. The smallest absolute Gasteiger partial charge is 0.254 e. The maximum absolute atomic E-state index is 11.9. The minimum Gasteiger partial charge on any atom is -0.336 e. The number of halogens is 1. The second-order valence-electron chi connectivity index (χ2n) is 3.37. The molecule has 0 aliphatic carbocycles. The number of carbonyl (C=O) groups excluding carboxylic acids is 1. The van der Waals surface area contributed by atoms with E-state index < -0.39 is 0 Å². The van der Waals surface area contributed by atoms with Gasteiger partial charge in [-0.1, -0.05) is 0 Å². The molecule has 1 aliphatic rings. The molecule has 1 aliphatic heterocycles. The first kappa shape index (κ1) is 10.1. The highest BCUT2D eigenvalue weighted by Gasteiger charge is 2.26. The molecule has 5 heteroatoms. The molecule has 14 heavy (non-hydrogen) atoms. The van der Waals surface area contributed by atoms with Crippen molar-refractivity contribution in [3.05, 3.63) is 20.8 Å². The molecule has 0 saturated carbocycles. The van der Waals surface area contributed by atoms with Crippen LogP contribution in [0.1, 0.15) is 10.4 Å². The van der Waals surface area contributed by atoms with E-state index in [0.29, 0.717) is 6.04 Å². The summed E-state index contributed by atoms with van der Waals surface area (Å²) in [5, 5.41) is 5.04. The average Bonchev–Trinajstić information content (AvgIpc) is 2.47. The lowest BCUT2D eigenvalue weighted by atomic mass is 10.1. The van der Waals surface area contributed by atoms with Crippen LogP contribution in [-0.4, -0.2) is 37.0 Å². The Balaban J connectivity index is 2.07. The summed E-state index contributed by atoms with van der Waals surface area (Å²) in [5.41, 5.74) is 0.774. The third-order valence-corrected chi connectivity index (χ3v) is 3.95. The molecular weight excluding hydrogens is 264 g/mol. The second-order valence-corrected chi connectivity index (χ2v) is 5.66. The third kappa shape index (κ3) is 1.85. The zero-order valence-corrected chi connectivity index (χ0v) is 10.2. The molecular formula is C9H11BrN2OS. The zero-order chi connectivity index (χ0) is 10.1. The number of amides is 1. The number of nitrogens with one attached hydrogen (secondary N) is 1. The van der Waals surface area contributed by atoms with Gasteiger partial charge in [0.15, 0.2) is 0 Å². The Hall–Kier alpha value is -0.390. The Labute approximate surface area is 95.2 Å². The summed E-state index contributed by atoms with van der Waals surface area (Å²) in [5.74, 6) is 0.110. The van der Waals surface area contributed by atoms with Gasteiger partial charge < -0.3 is 10.2 Å². The number of hydrogen-bond donors (Lipinski definition) is 1. The molecule has 3 nitrogen and oxygen atoms in total. The Morgan fingerprint density at radius 3 is 2.86 bits per heavy atom. The van der Waals surface area contributed by atoms with E-state index in [1.54, 1.807) is 11.3 Å². The summed E-state index contributed by atoms with van der Waals surface area (Å²) in [7, 11) is 1.86. The highest BCUT2D eigenvalue weighted by atomic mass is 79.9. The van der Waals surface area contributed by atoms with Gasteiger partial charge in [-0.15, -0.1) is 11.3 Å². The lowest BCUT2D eigenvalue weighted by molar-refractivity contribution is 0.0682. The first-order valence-corrected chi connectivity index (χ1v) is 6.07. The van der Waals surface area contributed by atoms with Gasteiger partial charge in [-0.2, -0.15) is 0 Å². The summed E-state index contributed by atoms with van der Waals surface area (Å²) < 4.78 is 1.00. The molecule has 76 valence electrons. The van der Waals surface area contributed by atoms with Crippen molar-refractivity contribution in [1.82, 2.24) is 10.2 Å². The number of thiophene rings is 1. The largest absolute Gasteiger partial charge is 0.336 e. The van der Waals surface area contributed by atoms with E-state index in [-0.39, 0.29) is 5.91 Å². The molecule has 2 heterocycles. The van der Waals surface area contributed by atoms with E-state index in [1.165, 1.54) is 0 Å². The second kappa shape index (κ2) is 4.00. The normalized spacial score (nSPS) is 16.4. The molecule has 2 rings (SSSR count). The first-order valence-electron chi connectivity index (χ1n) is 4.40. The van der Waals surface area contributed by atoms with Gasteiger partial charge in [0.05, 0.1) is 15.4 Å². The molecule has 1 aromatic heterocycles. The Bertz CT molecular complexity index is 348. The van der Waals surface area contributed by atoms with E-state index >= 15 is 0 Å². The zero-order valence-electron chi connectivity index (χ0n) is 7.79. The van der Waals surface area contributed by atoms with Crippen LogP contribution in [0.3, 0.4) is 0 Å². The van der Waals surface area contributed by atoms with Crippen molar-refractivity contribution in [2.45, 2.75) is 6.04 Å². The predicted molar refractivity (Wildman–Crippen MR) is 60.8 cm³/mol. The summed E-state index contributed by atoms with van der Waals surface area (Å²) in [6, 6.07) is 2.23. The molecule has 1 amide bonds. The maximum Gasteiger partial charge on any atom is 0.254 e. The van der Waals surface area contributed by atoms with Crippen LogP contribution in [0.15, 0.2) is 15.2 Å². The average molecular weight is 275 g/mol. The van der Waals surface area contributed by atoms with Crippen molar-refractivity contribution in [1.29, 1.82) is 0 Å². The van der Waals surface area contributed by atoms with E-state index in [9.17, 15) is 4.79 Å². The fraction of sp³-hybridized carbons (Fsp3) is 0.444. The van der Waals surface area contributed by atoms with Crippen molar-refractivity contribution in [2.24, 2.45) is 0 Å². The molecule has 1 N–H and O–H groups in total. The number of likely N-dealkylation sites (N-methyl/N-ethyl adjacent to an activating group) is 1. The Kier molecular flexibility index (Phi) is 2.90. The van der Waals surface area contributed by atoms with Crippen LogP contribution in [0.2, 0.25) is 0 Å². The van der Waals surface area contributed by atoms with E-state index in [4.69, 9.17) is 0 Å². The van der Waals surface area contributed by atoms with Gasteiger partial charge in [0.25, 0.3) is 5.91 Å². The minimum atomic E-state index is 0.110. The van der Waals surface area contributed by atoms with Crippen LogP contribution in [0.5, 0.6) is 0 Å². The van der Waals surface area contributed by atoms with Crippen molar-refractivity contribution < 1.29 is 4.79 Å². The first-order chi connectivity index (χ1) is 6.68. The van der Waals surface area contributed by atoms with Gasteiger partial charge in [0, 0.05) is 25.5 Å². The number of rotatable bonds is 2.